The van der Waals surface area contributed by atoms with E-state index in [1.54, 1.807) is 19.2 Å². The molecule has 1 fully saturated rings. The van der Waals surface area contributed by atoms with Gasteiger partial charge in [0, 0.05) is 25.2 Å². The van der Waals surface area contributed by atoms with Gasteiger partial charge >= 0.3 is 0 Å². The van der Waals surface area contributed by atoms with Crippen LogP contribution in [-0.2, 0) is 11.3 Å². The van der Waals surface area contributed by atoms with Crippen LogP contribution < -0.4 is 21.7 Å². The lowest BCUT2D eigenvalue weighted by Gasteiger charge is -2.24. The number of nitrogens with two attached hydrogens (primary N) is 1. The van der Waals surface area contributed by atoms with Crippen LogP contribution in [0.5, 0.6) is 0 Å². The largest absolute Gasteiger partial charge is 0.368 e. The number of hydrogen-bond donors (Lipinski definition) is 4. The van der Waals surface area contributed by atoms with Crippen molar-refractivity contribution in [1.82, 2.24) is 16.0 Å². The maximum atomic E-state index is 11.8. The Morgan fingerprint density at radius 3 is 2.40 bits per heavy atom. The monoisotopic (exact) mass is 345 g/mol. The van der Waals surface area contributed by atoms with Crippen LogP contribution in [0.3, 0.4) is 0 Å². The summed E-state index contributed by atoms with van der Waals surface area (Å²) in [7, 11) is 1.77. The highest BCUT2D eigenvalue weighted by atomic mass is 16.2. The van der Waals surface area contributed by atoms with Crippen LogP contribution in [0.2, 0.25) is 0 Å². The number of primary amides is 1. The van der Waals surface area contributed by atoms with Gasteiger partial charge in [-0.25, -0.2) is 0 Å². The Labute approximate surface area is 148 Å². The lowest BCUT2D eigenvalue weighted by Crippen LogP contribution is -2.43. The van der Waals surface area contributed by atoms with E-state index in [-0.39, 0.29) is 12.5 Å². The van der Waals surface area contributed by atoms with Crippen LogP contribution in [0.25, 0.3) is 0 Å². The number of carbonyl (C=O) groups is 2. The minimum Gasteiger partial charge on any atom is -0.368 e. The highest BCUT2D eigenvalue weighted by molar-refractivity contribution is 5.96. The molecule has 0 unspecified atom stereocenters. The zero-order chi connectivity index (χ0) is 18.1. The minimum atomic E-state index is -0.564. The summed E-state index contributed by atoms with van der Waals surface area (Å²) in [4.78, 5) is 26.8. The van der Waals surface area contributed by atoms with Crippen LogP contribution in [0.1, 0.15) is 48.0 Å². The standard InChI is InChI=1S/C18H27N5O2/c1-20-18(23-15-5-3-2-4-6-15)22-11-13-7-9-14(10-8-13)17(25)21-12-16(19)24/h7-10,15H,2-6,11-12H2,1H3,(H2,19,24)(H,21,25)(H2,20,22,23). The van der Waals surface area contributed by atoms with Crippen molar-refractivity contribution < 1.29 is 9.59 Å². The number of nitrogens with zero attached hydrogens (tertiary/aromatic N) is 1. The molecule has 0 spiro atoms. The van der Waals surface area contributed by atoms with Crippen LogP contribution in [0.15, 0.2) is 29.3 Å². The van der Waals surface area contributed by atoms with Crippen molar-refractivity contribution in [2.45, 2.75) is 44.7 Å². The molecule has 1 saturated carbocycles. The smallest absolute Gasteiger partial charge is 0.251 e. The van der Waals surface area contributed by atoms with E-state index in [4.69, 9.17) is 5.73 Å². The molecule has 2 amide bonds. The van der Waals surface area contributed by atoms with Crippen molar-refractivity contribution in [3.63, 3.8) is 0 Å². The maximum absolute atomic E-state index is 11.8. The van der Waals surface area contributed by atoms with Crippen molar-refractivity contribution in [3.8, 4) is 0 Å². The lowest BCUT2D eigenvalue weighted by molar-refractivity contribution is -0.117. The molecule has 2 rings (SSSR count). The van der Waals surface area contributed by atoms with Crippen LogP contribution in [0, 0.1) is 0 Å². The molecule has 7 heteroatoms. The summed E-state index contributed by atoms with van der Waals surface area (Å²) in [5.74, 6) is -0.0747. The molecule has 0 atom stereocenters. The average molecular weight is 345 g/mol. The Bertz CT molecular complexity index is 606. The maximum Gasteiger partial charge on any atom is 0.251 e. The van der Waals surface area contributed by atoms with E-state index in [0.717, 1.165) is 11.5 Å². The van der Waals surface area contributed by atoms with Gasteiger partial charge in [0.15, 0.2) is 5.96 Å². The van der Waals surface area contributed by atoms with Gasteiger partial charge in [-0.05, 0) is 30.5 Å². The number of hydrogen-bond acceptors (Lipinski definition) is 3. The first kappa shape index (κ1) is 18.8. The summed E-state index contributed by atoms with van der Waals surface area (Å²) in [6, 6.07) is 7.70. The molecular formula is C18H27N5O2. The van der Waals surface area contributed by atoms with Crippen LogP contribution in [-0.4, -0.2) is 37.4 Å². The third-order valence-electron chi connectivity index (χ3n) is 4.27. The average Bonchev–Trinajstić information content (AvgIpc) is 2.64. The molecule has 1 aromatic carbocycles. The van der Waals surface area contributed by atoms with E-state index < -0.39 is 5.91 Å². The van der Waals surface area contributed by atoms with Gasteiger partial charge in [-0.15, -0.1) is 0 Å². The summed E-state index contributed by atoms with van der Waals surface area (Å²) in [6.45, 7) is 0.459. The molecule has 0 aliphatic heterocycles. The molecule has 25 heavy (non-hydrogen) atoms. The normalized spacial score (nSPS) is 15.5. The van der Waals surface area contributed by atoms with Gasteiger partial charge in [0.05, 0.1) is 6.54 Å². The second-order valence-corrected chi connectivity index (χ2v) is 6.25. The van der Waals surface area contributed by atoms with Crippen molar-refractivity contribution in [1.29, 1.82) is 0 Å². The summed E-state index contributed by atoms with van der Waals surface area (Å²) >= 11 is 0. The second-order valence-electron chi connectivity index (χ2n) is 6.25. The van der Waals surface area contributed by atoms with Gasteiger partial charge in [-0.3, -0.25) is 14.6 Å². The van der Waals surface area contributed by atoms with E-state index in [1.807, 2.05) is 12.1 Å². The Morgan fingerprint density at radius 2 is 1.80 bits per heavy atom. The Balaban J connectivity index is 1.81. The van der Waals surface area contributed by atoms with Crippen molar-refractivity contribution in [2.24, 2.45) is 10.7 Å². The third-order valence-corrected chi connectivity index (χ3v) is 4.27. The Hall–Kier alpha value is -2.57. The van der Waals surface area contributed by atoms with Gasteiger partial charge in [0.2, 0.25) is 5.91 Å². The second kappa shape index (κ2) is 9.66. The van der Waals surface area contributed by atoms with E-state index in [0.29, 0.717) is 18.2 Å². The Kier molecular flexibility index (Phi) is 7.25. The molecule has 7 nitrogen and oxygen atoms in total. The zero-order valence-corrected chi connectivity index (χ0v) is 14.7. The molecule has 1 aromatic rings. The predicted molar refractivity (Wildman–Crippen MR) is 98.2 cm³/mol. The quantitative estimate of drug-likeness (QED) is 0.454. The molecule has 5 N–H and O–H groups in total. The van der Waals surface area contributed by atoms with E-state index in [2.05, 4.69) is 20.9 Å². The van der Waals surface area contributed by atoms with Crippen molar-refractivity contribution in [3.05, 3.63) is 35.4 Å². The van der Waals surface area contributed by atoms with E-state index in [9.17, 15) is 9.59 Å². The molecular weight excluding hydrogens is 318 g/mol. The molecule has 0 bridgehead atoms. The fourth-order valence-electron chi connectivity index (χ4n) is 2.86. The molecule has 1 aliphatic carbocycles. The number of benzene rings is 1. The number of guanidine groups is 1. The minimum absolute atomic E-state index is 0.161. The fourth-order valence-corrected chi connectivity index (χ4v) is 2.86. The molecule has 0 heterocycles. The molecule has 0 aromatic heterocycles. The molecule has 0 radical (unpaired) electrons. The van der Waals surface area contributed by atoms with Crippen molar-refractivity contribution >= 4 is 17.8 Å². The van der Waals surface area contributed by atoms with Crippen LogP contribution >= 0.6 is 0 Å². The molecule has 0 saturated heterocycles. The SMILES string of the molecule is CN=C(NCc1ccc(C(=O)NCC(N)=O)cc1)NC1CCCCC1. The summed E-state index contributed by atoms with van der Waals surface area (Å²) in [5, 5.41) is 9.23. The van der Waals surface area contributed by atoms with Crippen molar-refractivity contribution in [2.75, 3.05) is 13.6 Å². The number of carbonyl (C=O) groups excluding carboxylic acids is 2. The Morgan fingerprint density at radius 1 is 1.12 bits per heavy atom. The lowest BCUT2D eigenvalue weighted by atomic mass is 9.96. The summed E-state index contributed by atoms with van der Waals surface area (Å²) in [6.07, 6.45) is 6.25. The zero-order valence-electron chi connectivity index (χ0n) is 14.7. The summed E-state index contributed by atoms with van der Waals surface area (Å²) < 4.78 is 0. The number of rotatable bonds is 6. The topological polar surface area (TPSA) is 109 Å². The molecule has 136 valence electrons. The van der Waals surface area contributed by atoms with Gasteiger partial charge in [0.25, 0.3) is 5.91 Å². The number of aliphatic imine (C=N–C) groups is 1. The highest BCUT2D eigenvalue weighted by Gasteiger charge is 2.14. The molecule has 1 aliphatic rings. The first-order chi connectivity index (χ1) is 12.1. The third kappa shape index (κ3) is 6.45. The van der Waals surface area contributed by atoms with E-state index in [1.165, 1.54) is 32.1 Å². The summed E-state index contributed by atoms with van der Waals surface area (Å²) in [5.41, 5.74) is 6.55. The van der Waals surface area contributed by atoms with Crippen LogP contribution in [0.4, 0.5) is 0 Å². The highest BCUT2D eigenvalue weighted by Crippen LogP contribution is 2.17. The first-order valence-corrected chi connectivity index (χ1v) is 8.71. The fraction of sp³-hybridized carbons (Fsp3) is 0.500. The van der Waals surface area contributed by atoms with Gasteiger partial charge in [-0.1, -0.05) is 31.4 Å². The van der Waals surface area contributed by atoms with Gasteiger partial charge < -0.3 is 21.7 Å². The van der Waals surface area contributed by atoms with Gasteiger partial charge in [-0.2, -0.15) is 0 Å². The van der Waals surface area contributed by atoms with Gasteiger partial charge in [0.1, 0.15) is 0 Å². The predicted octanol–water partition coefficient (Wildman–Crippen LogP) is 0.899. The number of nitrogens with one attached hydrogen (secondary N) is 3. The first-order valence-electron chi connectivity index (χ1n) is 8.71. The number of amides is 2. The van der Waals surface area contributed by atoms with E-state index >= 15 is 0 Å².